The molecule has 0 aromatic carbocycles. The Morgan fingerprint density at radius 2 is 1.46 bits per heavy atom. The fraction of sp³-hybridized carbons (Fsp3) is 1.00. The average molecular weight is 341 g/mol. The van der Waals surface area contributed by atoms with E-state index in [1.807, 2.05) is 13.8 Å². The van der Waals surface area contributed by atoms with Crippen LogP contribution in [0, 0.1) is 10.8 Å². The molecule has 2 saturated heterocycles. The van der Waals surface area contributed by atoms with Crippen molar-refractivity contribution in [2.24, 2.45) is 10.8 Å². The Morgan fingerprint density at radius 1 is 0.792 bits per heavy atom. The lowest BCUT2D eigenvalue weighted by Gasteiger charge is -2.36. The molecule has 0 radical (unpaired) electrons. The van der Waals surface area contributed by atoms with E-state index in [1.165, 1.54) is 90.4 Å². The van der Waals surface area contributed by atoms with Crippen molar-refractivity contribution in [2.75, 3.05) is 26.2 Å². The first-order valence-corrected chi connectivity index (χ1v) is 11.0. The standard InChI is InChI=1S/2C10H21N.C2H6/c1-3-4-5-10(2)6-8-11-9-7-10;1-3-6-10(4-2)7-5-8-11-9-10;1-2/h2*11H,3-9H2,1-2H3;1-2H3. The van der Waals surface area contributed by atoms with Gasteiger partial charge in [0.05, 0.1) is 0 Å². The molecule has 0 aromatic heterocycles. The molecule has 2 heterocycles. The zero-order chi connectivity index (χ0) is 18.3. The van der Waals surface area contributed by atoms with Gasteiger partial charge in [-0.05, 0) is 75.4 Å². The van der Waals surface area contributed by atoms with Gasteiger partial charge in [-0.1, -0.05) is 60.8 Å². The highest BCUT2D eigenvalue weighted by atomic mass is 14.9. The molecule has 0 spiro atoms. The molecule has 2 fully saturated rings. The predicted octanol–water partition coefficient (Wildman–Crippen LogP) is 6.16. The van der Waals surface area contributed by atoms with Gasteiger partial charge in [-0.2, -0.15) is 0 Å². The lowest BCUT2D eigenvalue weighted by molar-refractivity contribution is 0.182. The maximum absolute atomic E-state index is 3.51. The van der Waals surface area contributed by atoms with E-state index >= 15 is 0 Å². The van der Waals surface area contributed by atoms with Gasteiger partial charge < -0.3 is 10.6 Å². The summed E-state index contributed by atoms with van der Waals surface area (Å²) in [4.78, 5) is 0. The second kappa shape index (κ2) is 14.1. The Balaban J connectivity index is 0.000000400. The third-order valence-electron chi connectivity index (χ3n) is 6.04. The highest BCUT2D eigenvalue weighted by Gasteiger charge is 2.28. The Bertz CT molecular complexity index is 258. The molecule has 1 unspecified atom stereocenters. The number of hydrogen-bond acceptors (Lipinski definition) is 2. The molecule has 0 bridgehead atoms. The van der Waals surface area contributed by atoms with Gasteiger partial charge >= 0.3 is 0 Å². The third-order valence-corrected chi connectivity index (χ3v) is 6.04. The highest BCUT2D eigenvalue weighted by Crippen LogP contribution is 2.34. The summed E-state index contributed by atoms with van der Waals surface area (Å²) in [5.74, 6) is 0. The highest BCUT2D eigenvalue weighted by molar-refractivity contribution is 4.83. The first-order chi connectivity index (χ1) is 11.6. The predicted molar refractivity (Wildman–Crippen MR) is 111 cm³/mol. The molecule has 2 N–H and O–H groups in total. The van der Waals surface area contributed by atoms with Gasteiger partial charge in [0.15, 0.2) is 0 Å². The summed E-state index contributed by atoms with van der Waals surface area (Å²) in [6.45, 7) is 18.3. The van der Waals surface area contributed by atoms with Crippen LogP contribution in [-0.2, 0) is 0 Å². The molecule has 2 nitrogen and oxygen atoms in total. The van der Waals surface area contributed by atoms with Gasteiger partial charge in [0.1, 0.15) is 0 Å². The molecular formula is C22H48N2. The van der Waals surface area contributed by atoms with Gasteiger partial charge in [-0.25, -0.2) is 0 Å². The normalized spacial score (nSPS) is 25.8. The SMILES string of the molecule is CC.CCCC1(CC)CCCNC1.CCCCC1(C)CCNCC1. The zero-order valence-corrected chi connectivity index (χ0v) is 17.9. The lowest BCUT2D eigenvalue weighted by Crippen LogP contribution is -2.39. The van der Waals surface area contributed by atoms with Crippen LogP contribution in [0.25, 0.3) is 0 Å². The van der Waals surface area contributed by atoms with Crippen LogP contribution in [0.15, 0.2) is 0 Å². The first-order valence-electron chi connectivity index (χ1n) is 11.0. The van der Waals surface area contributed by atoms with E-state index in [1.54, 1.807) is 0 Å². The van der Waals surface area contributed by atoms with Gasteiger partial charge in [-0.15, -0.1) is 0 Å². The molecule has 2 rings (SSSR count). The van der Waals surface area contributed by atoms with Crippen molar-refractivity contribution in [3.8, 4) is 0 Å². The van der Waals surface area contributed by atoms with Crippen LogP contribution >= 0.6 is 0 Å². The summed E-state index contributed by atoms with van der Waals surface area (Å²) < 4.78 is 0. The summed E-state index contributed by atoms with van der Waals surface area (Å²) in [5.41, 5.74) is 1.33. The number of piperidine rings is 2. The number of rotatable bonds is 6. The zero-order valence-electron chi connectivity index (χ0n) is 17.9. The minimum Gasteiger partial charge on any atom is -0.317 e. The molecule has 0 aromatic rings. The van der Waals surface area contributed by atoms with Crippen molar-refractivity contribution in [3.05, 3.63) is 0 Å². The maximum atomic E-state index is 3.51. The van der Waals surface area contributed by atoms with E-state index < -0.39 is 0 Å². The second-order valence-electron chi connectivity index (χ2n) is 8.05. The molecule has 146 valence electrons. The summed E-state index contributed by atoms with van der Waals surface area (Å²) in [6, 6.07) is 0. The molecule has 2 heteroatoms. The van der Waals surface area contributed by atoms with Crippen molar-refractivity contribution in [3.63, 3.8) is 0 Å². The average Bonchev–Trinajstić information content (AvgIpc) is 2.64. The van der Waals surface area contributed by atoms with Crippen molar-refractivity contribution in [1.82, 2.24) is 10.6 Å². The fourth-order valence-corrected chi connectivity index (χ4v) is 4.14. The molecule has 2 aliphatic heterocycles. The van der Waals surface area contributed by atoms with E-state index in [-0.39, 0.29) is 0 Å². The summed E-state index contributed by atoms with van der Waals surface area (Å²) in [6.07, 6.45) is 13.9. The van der Waals surface area contributed by atoms with Crippen LogP contribution in [0.1, 0.15) is 106 Å². The lowest BCUT2D eigenvalue weighted by atomic mass is 9.75. The fourth-order valence-electron chi connectivity index (χ4n) is 4.14. The molecule has 2 aliphatic rings. The van der Waals surface area contributed by atoms with Crippen molar-refractivity contribution in [2.45, 2.75) is 106 Å². The van der Waals surface area contributed by atoms with Crippen molar-refractivity contribution >= 4 is 0 Å². The summed E-state index contributed by atoms with van der Waals surface area (Å²) in [7, 11) is 0. The van der Waals surface area contributed by atoms with E-state index in [4.69, 9.17) is 0 Å². The van der Waals surface area contributed by atoms with Crippen LogP contribution in [0.2, 0.25) is 0 Å². The van der Waals surface area contributed by atoms with Crippen LogP contribution in [0.3, 0.4) is 0 Å². The molecule has 1 atom stereocenters. The molecular weight excluding hydrogens is 292 g/mol. The largest absolute Gasteiger partial charge is 0.317 e. The minimum absolute atomic E-state index is 0.660. The summed E-state index contributed by atoms with van der Waals surface area (Å²) >= 11 is 0. The monoisotopic (exact) mass is 340 g/mol. The van der Waals surface area contributed by atoms with Crippen molar-refractivity contribution in [1.29, 1.82) is 0 Å². The summed E-state index contributed by atoms with van der Waals surface area (Å²) in [5, 5.41) is 6.93. The Morgan fingerprint density at radius 3 is 1.92 bits per heavy atom. The van der Waals surface area contributed by atoms with Gasteiger partial charge in [0.2, 0.25) is 0 Å². The number of unbranched alkanes of at least 4 members (excludes halogenated alkanes) is 1. The van der Waals surface area contributed by atoms with E-state index in [0.717, 1.165) is 0 Å². The molecule has 0 amide bonds. The molecule has 0 saturated carbocycles. The van der Waals surface area contributed by atoms with Crippen LogP contribution in [-0.4, -0.2) is 26.2 Å². The van der Waals surface area contributed by atoms with Gasteiger partial charge in [0, 0.05) is 6.54 Å². The van der Waals surface area contributed by atoms with Crippen LogP contribution in [0.5, 0.6) is 0 Å². The number of nitrogens with one attached hydrogen (secondary N) is 2. The van der Waals surface area contributed by atoms with Gasteiger partial charge in [-0.3, -0.25) is 0 Å². The maximum Gasteiger partial charge on any atom is 0.000771 e. The van der Waals surface area contributed by atoms with Crippen LogP contribution in [0.4, 0.5) is 0 Å². The van der Waals surface area contributed by atoms with E-state index in [0.29, 0.717) is 10.8 Å². The quantitative estimate of drug-likeness (QED) is 0.605. The minimum atomic E-state index is 0.660. The Kier molecular flexibility index (Phi) is 14.1. The van der Waals surface area contributed by atoms with Crippen LogP contribution < -0.4 is 10.6 Å². The third kappa shape index (κ3) is 9.42. The van der Waals surface area contributed by atoms with Gasteiger partial charge in [0.25, 0.3) is 0 Å². The first kappa shape index (κ1) is 23.9. The van der Waals surface area contributed by atoms with Crippen molar-refractivity contribution < 1.29 is 0 Å². The smallest absolute Gasteiger partial charge is 0.000771 e. The Labute approximate surface area is 154 Å². The molecule has 0 aliphatic carbocycles. The van der Waals surface area contributed by atoms with E-state index in [2.05, 4.69) is 38.3 Å². The van der Waals surface area contributed by atoms with E-state index in [9.17, 15) is 0 Å². The number of hydrogen-bond donors (Lipinski definition) is 2. The second-order valence-corrected chi connectivity index (χ2v) is 8.05. The topological polar surface area (TPSA) is 24.1 Å². The Hall–Kier alpha value is -0.0800. The molecule has 24 heavy (non-hydrogen) atoms.